The number of likely N-dealkylation sites (N-methyl/N-ethyl adjacent to an activating group) is 1. The fourth-order valence-corrected chi connectivity index (χ4v) is 2.30. The average molecular weight is 284 g/mol. The van der Waals surface area contributed by atoms with Gasteiger partial charge in [0, 0.05) is 13.6 Å². The third-order valence-corrected chi connectivity index (χ3v) is 4.06. The van der Waals surface area contributed by atoms with Crippen molar-refractivity contribution >= 4 is 15.9 Å². The van der Waals surface area contributed by atoms with Gasteiger partial charge in [0.05, 0.1) is 6.26 Å². The van der Waals surface area contributed by atoms with Crippen LogP contribution in [0.1, 0.15) is 24.9 Å². The maximum atomic E-state index is 12.2. The van der Waals surface area contributed by atoms with Gasteiger partial charge in [-0.25, -0.2) is 8.42 Å². The molecule has 0 fully saturated rings. The molecule has 5 nitrogen and oxygen atoms in total. The van der Waals surface area contributed by atoms with Gasteiger partial charge in [0.15, 0.2) is 0 Å². The van der Waals surface area contributed by atoms with E-state index in [0.29, 0.717) is 12.1 Å². The van der Waals surface area contributed by atoms with Crippen LogP contribution in [0.4, 0.5) is 0 Å². The number of carbonyl (C=O) groups is 1. The van der Waals surface area contributed by atoms with Crippen molar-refractivity contribution in [3.05, 3.63) is 35.9 Å². The zero-order chi connectivity index (χ0) is 14.5. The maximum absolute atomic E-state index is 12.2. The molecule has 1 atom stereocenters. The predicted molar refractivity (Wildman–Crippen MR) is 75.1 cm³/mol. The Morgan fingerprint density at radius 3 is 2.37 bits per heavy atom. The van der Waals surface area contributed by atoms with Gasteiger partial charge in [-0.1, -0.05) is 37.3 Å². The van der Waals surface area contributed by atoms with E-state index in [1.807, 2.05) is 13.0 Å². The van der Waals surface area contributed by atoms with Crippen molar-refractivity contribution in [3.8, 4) is 0 Å². The average Bonchev–Trinajstić information content (AvgIpc) is 2.36. The standard InChI is InChI=1S/C13H20N2O3S/c1-4-10-14-13(16)12(15(2)19(3,17)18)11-8-6-5-7-9-11/h5-9,12H,4,10H2,1-3H3,(H,14,16). The van der Waals surface area contributed by atoms with E-state index in [2.05, 4.69) is 5.32 Å². The van der Waals surface area contributed by atoms with Crippen LogP contribution < -0.4 is 5.32 Å². The van der Waals surface area contributed by atoms with Gasteiger partial charge in [-0.05, 0) is 12.0 Å². The highest BCUT2D eigenvalue weighted by atomic mass is 32.2. The normalized spacial score (nSPS) is 13.3. The molecule has 1 aromatic carbocycles. The van der Waals surface area contributed by atoms with E-state index in [0.717, 1.165) is 17.0 Å². The van der Waals surface area contributed by atoms with Crippen molar-refractivity contribution in [2.45, 2.75) is 19.4 Å². The van der Waals surface area contributed by atoms with E-state index in [-0.39, 0.29) is 5.91 Å². The molecule has 0 aliphatic heterocycles. The van der Waals surface area contributed by atoms with E-state index in [4.69, 9.17) is 0 Å². The zero-order valence-corrected chi connectivity index (χ0v) is 12.3. The van der Waals surface area contributed by atoms with Gasteiger partial charge in [-0.3, -0.25) is 4.79 Å². The van der Waals surface area contributed by atoms with E-state index in [1.54, 1.807) is 24.3 Å². The molecule has 19 heavy (non-hydrogen) atoms. The monoisotopic (exact) mass is 284 g/mol. The Balaban J connectivity index is 3.08. The number of nitrogens with one attached hydrogen (secondary N) is 1. The van der Waals surface area contributed by atoms with Gasteiger partial charge in [0.1, 0.15) is 6.04 Å². The minimum atomic E-state index is -3.45. The summed E-state index contributed by atoms with van der Waals surface area (Å²) in [4.78, 5) is 12.2. The molecular weight excluding hydrogens is 264 g/mol. The van der Waals surface area contributed by atoms with Crippen LogP contribution in [-0.4, -0.2) is 38.5 Å². The second-order valence-corrected chi connectivity index (χ2v) is 6.43. The molecule has 0 saturated heterocycles. The lowest BCUT2D eigenvalue weighted by molar-refractivity contribution is -0.124. The number of hydrogen-bond acceptors (Lipinski definition) is 3. The Kier molecular flexibility index (Phi) is 5.50. The zero-order valence-electron chi connectivity index (χ0n) is 11.5. The summed E-state index contributed by atoms with van der Waals surface area (Å²) in [5.74, 6) is -0.305. The van der Waals surface area contributed by atoms with Crippen LogP contribution in [0.25, 0.3) is 0 Å². The van der Waals surface area contributed by atoms with E-state index in [9.17, 15) is 13.2 Å². The Morgan fingerprint density at radius 1 is 1.32 bits per heavy atom. The van der Waals surface area contributed by atoms with Crippen LogP contribution in [0, 0.1) is 0 Å². The molecule has 0 aromatic heterocycles. The summed E-state index contributed by atoms with van der Waals surface area (Å²) in [6, 6.07) is 8.06. The molecule has 1 amide bonds. The Bertz CT molecular complexity index is 514. The summed E-state index contributed by atoms with van der Waals surface area (Å²) in [6.07, 6.45) is 1.89. The fraction of sp³-hybridized carbons (Fsp3) is 0.462. The van der Waals surface area contributed by atoms with Crippen molar-refractivity contribution < 1.29 is 13.2 Å². The molecule has 6 heteroatoms. The van der Waals surface area contributed by atoms with Gasteiger partial charge in [-0.2, -0.15) is 4.31 Å². The first kappa shape index (κ1) is 15.7. The molecule has 0 aliphatic carbocycles. The Labute approximate surface area is 114 Å². The van der Waals surface area contributed by atoms with Gasteiger partial charge >= 0.3 is 0 Å². The summed E-state index contributed by atoms with van der Waals surface area (Å²) >= 11 is 0. The van der Waals surface area contributed by atoms with Crippen molar-refractivity contribution in [2.75, 3.05) is 19.8 Å². The first-order valence-electron chi connectivity index (χ1n) is 6.13. The van der Waals surface area contributed by atoms with Crippen LogP contribution in [0.15, 0.2) is 30.3 Å². The highest BCUT2D eigenvalue weighted by Crippen LogP contribution is 2.21. The first-order chi connectivity index (χ1) is 8.88. The molecule has 0 spiro atoms. The predicted octanol–water partition coefficient (Wildman–Crippen LogP) is 1.15. The van der Waals surface area contributed by atoms with E-state index < -0.39 is 16.1 Å². The molecule has 1 unspecified atom stereocenters. The summed E-state index contributed by atoms with van der Waals surface area (Å²) in [5.41, 5.74) is 0.657. The molecule has 106 valence electrons. The first-order valence-corrected chi connectivity index (χ1v) is 7.98. The number of amides is 1. The summed E-state index contributed by atoms with van der Waals surface area (Å²) in [7, 11) is -2.03. The lowest BCUT2D eigenvalue weighted by atomic mass is 10.1. The lowest BCUT2D eigenvalue weighted by Crippen LogP contribution is -2.41. The lowest BCUT2D eigenvalue weighted by Gasteiger charge is -2.25. The molecular formula is C13H20N2O3S. The summed E-state index contributed by atoms with van der Waals surface area (Å²) in [6.45, 7) is 2.47. The van der Waals surface area contributed by atoms with Crippen LogP contribution in [0.5, 0.6) is 0 Å². The smallest absolute Gasteiger partial charge is 0.242 e. The number of hydrogen-bond donors (Lipinski definition) is 1. The maximum Gasteiger partial charge on any atom is 0.242 e. The largest absolute Gasteiger partial charge is 0.354 e. The quantitative estimate of drug-likeness (QED) is 0.852. The molecule has 0 saturated carbocycles. The molecule has 0 bridgehead atoms. The fourth-order valence-electron chi connectivity index (χ4n) is 1.70. The third kappa shape index (κ3) is 4.33. The molecule has 0 radical (unpaired) electrons. The highest BCUT2D eigenvalue weighted by molar-refractivity contribution is 7.88. The van der Waals surface area contributed by atoms with Gasteiger partial charge in [0.25, 0.3) is 0 Å². The molecule has 1 rings (SSSR count). The van der Waals surface area contributed by atoms with E-state index in [1.165, 1.54) is 7.05 Å². The number of benzene rings is 1. The number of carbonyl (C=O) groups excluding carboxylic acids is 1. The number of sulfonamides is 1. The van der Waals surface area contributed by atoms with Crippen molar-refractivity contribution in [3.63, 3.8) is 0 Å². The number of rotatable bonds is 6. The van der Waals surface area contributed by atoms with Crippen LogP contribution >= 0.6 is 0 Å². The minimum absolute atomic E-state index is 0.305. The number of nitrogens with zero attached hydrogens (tertiary/aromatic N) is 1. The van der Waals surface area contributed by atoms with Crippen molar-refractivity contribution in [1.29, 1.82) is 0 Å². The van der Waals surface area contributed by atoms with Gasteiger partial charge in [0.2, 0.25) is 15.9 Å². The molecule has 0 aliphatic rings. The summed E-state index contributed by atoms with van der Waals surface area (Å²) in [5, 5.41) is 2.74. The Morgan fingerprint density at radius 2 is 1.89 bits per heavy atom. The van der Waals surface area contributed by atoms with Crippen LogP contribution in [-0.2, 0) is 14.8 Å². The van der Waals surface area contributed by atoms with E-state index >= 15 is 0 Å². The summed E-state index contributed by atoms with van der Waals surface area (Å²) < 4.78 is 24.4. The van der Waals surface area contributed by atoms with Crippen LogP contribution in [0.2, 0.25) is 0 Å². The topological polar surface area (TPSA) is 66.5 Å². The van der Waals surface area contributed by atoms with Crippen LogP contribution in [0.3, 0.4) is 0 Å². The van der Waals surface area contributed by atoms with Gasteiger partial charge < -0.3 is 5.32 Å². The van der Waals surface area contributed by atoms with Crippen molar-refractivity contribution in [2.24, 2.45) is 0 Å². The van der Waals surface area contributed by atoms with Crippen molar-refractivity contribution in [1.82, 2.24) is 9.62 Å². The Hall–Kier alpha value is -1.40. The third-order valence-electron chi connectivity index (χ3n) is 2.80. The second-order valence-electron chi connectivity index (χ2n) is 4.38. The molecule has 0 heterocycles. The SMILES string of the molecule is CCCNC(=O)C(c1ccccc1)N(C)S(C)(=O)=O. The highest BCUT2D eigenvalue weighted by Gasteiger charge is 2.30. The van der Waals surface area contributed by atoms with Gasteiger partial charge in [-0.15, -0.1) is 0 Å². The molecule has 1 aromatic rings. The molecule has 1 N–H and O–H groups in total. The minimum Gasteiger partial charge on any atom is -0.354 e. The second kappa shape index (κ2) is 6.68.